The van der Waals surface area contributed by atoms with Crippen LogP contribution in [0.15, 0.2) is 29.4 Å². The van der Waals surface area contributed by atoms with Crippen LogP contribution < -0.4 is 5.32 Å². The number of aromatic nitrogens is 3. The number of nitrogens with one attached hydrogen (secondary N) is 1. The Morgan fingerprint density at radius 1 is 1.43 bits per heavy atom. The van der Waals surface area contributed by atoms with Crippen LogP contribution in [-0.2, 0) is 26.1 Å². The van der Waals surface area contributed by atoms with E-state index in [1.807, 2.05) is 23.7 Å². The molecule has 114 valence electrons. The van der Waals surface area contributed by atoms with E-state index in [0.717, 1.165) is 36.7 Å². The van der Waals surface area contributed by atoms with Crippen molar-refractivity contribution in [1.29, 1.82) is 0 Å². The van der Waals surface area contributed by atoms with Crippen molar-refractivity contribution < 1.29 is 4.52 Å². The van der Waals surface area contributed by atoms with Crippen LogP contribution in [0.1, 0.15) is 36.6 Å². The van der Waals surface area contributed by atoms with Gasteiger partial charge in [-0.25, -0.2) is 0 Å². The molecular formula is C16H24N4O. The largest absolute Gasteiger partial charge is 0.361 e. The van der Waals surface area contributed by atoms with E-state index in [0.29, 0.717) is 12.5 Å². The molecule has 2 aromatic heterocycles. The highest BCUT2D eigenvalue weighted by Crippen LogP contribution is 2.10. The SMILES string of the molecule is C=CCn1cc(CNCc2cc(CC(C)C)on2)c(C)n1. The second-order valence-corrected chi connectivity index (χ2v) is 5.74. The Bertz CT molecular complexity index is 583. The second-order valence-electron chi connectivity index (χ2n) is 5.74. The van der Waals surface area contributed by atoms with Crippen molar-refractivity contribution >= 4 is 0 Å². The molecule has 0 unspecified atom stereocenters. The van der Waals surface area contributed by atoms with E-state index in [1.165, 1.54) is 5.56 Å². The predicted octanol–water partition coefficient (Wildman–Crippen LogP) is 2.85. The Morgan fingerprint density at radius 2 is 2.24 bits per heavy atom. The summed E-state index contributed by atoms with van der Waals surface area (Å²) < 4.78 is 7.22. The van der Waals surface area contributed by atoms with Gasteiger partial charge in [-0.15, -0.1) is 6.58 Å². The van der Waals surface area contributed by atoms with Gasteiger partial charge in [-0.1, -0.05) is 25.1 Å². The van der Waals surface area contributed by atoms with Crippen LogP contribution in [0.2, 0.25) is 0 Å². The topological polar surface area (TPSA) is 55.9 Å². The molecule has 0 saturated carbocycles. The van der Waals surface area contributed by atoms with Crippen LogP contribution in [0.25, 0.3) is 0 Å². The maximum atomic E-state index is 5.32. The summed E-state index contributed by atoms with van der Waals surface area (Å²) in [5.74, 6) is 1.54. The molecule has 21 heavy (non-hydrogen) atoms. The van der Waals surface area contributed by atoms with E-state index in [2.05, 4.69) is 42.2 Å². The van der Waals surface area contributed by atoms with E-state index in [1.54, 1.807) is 0 Å². The normalized spacial score (nSPS) is 11.2. The lowest BCUT2D eigenvalue weighted by Crippen LogP contribution is -2.13. The van der Waals surface area contributed by atoms with Crippen LogP contribution in [0.5, 0.6) is 0 Å². The predicted molar refractivity (Wildman–Crippen MR) is 82.7 cm³/mol. The number of hydrogen-bond acceptors (Lipinski definition) is 4. The zero-order chi connectivity index (χ0) is 15.2. The molecular weight excluding hydrogens is 264 g/mol. The molecule has 0 amide bonds. The van der Waals surface area contributed by atoms with Gasteiger partial charge in [0.1, 0.15) is 5.76 Å². The zero-order valence-corrected chi connectivity index (χ0v) is 13.1. The summed E-state index contributed by atoms with van der Waals surface area (Å²) in [6, 6.07) is 2.03. The van der Waals surface area contributed by atoms with Crippen molar-refractivity contribution in [3.8, 4) is 0 Å². The fraction of sp³-hybridized carbons (Fsp3) is 0.500. The minimum atomic E-state index is 0.581. The summed E-state index contributed by atoms with van der Waals surface area (Å²) in [7, 11) is 0. The van der Waals surface area contributed by atoms with E-state index in [9.17, 15) is 0 Å². The summed E-state index contributed by atoms with van der Waals surface area (Å²) in [5, 5.41) is 11.9. The van der Waals surface area contributed by atoms with Gasteiger partial charge in [-0.3, -0.25) is 4.68 Å². The van der Waals surface area contributed by atoms with Gasteiger partial charge in [-0.2, -0.15) is 5.10 Å². The van der Waals surface area contributed by atoms with E-state index in [4.69, 9.17) is 4.52 Å². The van der Waals surface area contributed by atoms with Gasteiger partial charge in [0.15, 0.2) is 0 Å². The quantitative estimate of drug-likeness (QED) is 0.759. The summed E-state index contributed by atoms with van der Waals surface area (Å²) in [5.41, 5.74) is 3.19. The summed E-state index contributed by atoms with van der Waals surface area (Å²) in [4.78, 5) is 0. The molecule has 0 atom stereocenters. The molecule has 0 bridgehead atoms. The van der Waals surface area contributed by atoms with Gasteiger partial charge >= 0.3 is 0 Å². The third-order valence-electron chi connectivity index (χ3n) is 3.20. The summed E-state index contributed by atoms with van der Waals surface area (Å²) >= 11 is 0. The smallest absolute Gasteiger partial charge is 0.137 e. The van der Waals surface area contributed by atoms with Gasteiger partial charge in [0.25, 0.3) is 0 Å². The van der Waals surface area contributed by atoms with Crippen molar-refractivity contribution in [2.24, 2.45) is 5.92 Å². The number of hydrogen-bond donors (Lipinski definition) is 1. The van der Waals surface area contributed by atoms with Crippen molar-refractivity contribution in [1.82, 2.24) is 20.3 Å². The number of rotatable bonds is 8. The molecule has 0 spiro atoms. The molecule has 0 radical (unpaired) electrons. The van der Waals surface area contributed by atoms with Crippen molar-refractivity contribution in [2.75, 3.05) is 0 Å². The van der Waals surface area contributed by atoms with Crippen LogP contribution >= 0.6 is 0 Å². The molecule has 5 heteroatoms. The van der Waals surface area contributed by atoms with Crippen LogP contribution in [0, 0.1) is 12.8 Å². The molecule has 5 nitrogen and oxygen atoms in total. The first-order chi connectivity index (χ1) is 10.1. The lowest BCUT2D eigenvalue weighted by molar-refractivity contribution is 0.362. The maximum Gasteiger partial charge on any atom is 0.137 e. The molecule has 2 heterocycles. The first-order valence-corrected chi connectivity index (χ1v) is 7.37. The Morgan fingerprint density at radius 3 is 2.95 bits per heavy atom. The molecule has 2 rings (SSSR count). The fourth-order valence-corrected chi connectivity index (χ4v) is 2.22. The zero-order valence-electron chi connectivity index (χ0n) is 13.1. The Kier molecular flexibility index (Phi) is 5.33. The van der Waals surface area contributed by atoms with Crippen LogP contribution in [0.4, 0.5) is 0 Å². The van der Waals surface area contributed by atoms with Gasteiger partial charge < -0.3 is 9.84 Å². The minimum Gasteiger partial charge on any atom is -0.361 e. The first kappa shape index (κ1) is 15.5. The third-order valence-corrected chi connectivity index (χ3v) is 3.20. The molecule has 0 aromatic carbocycles. The van der Waals surface area contributed by atoms with Crippen molar-refractivity contribution in [2.45, 2.75) is 46.8 Å². The van der Waals surface area contributed by atoms with E-state index >= 15 is 0 Å². The van der Waals surface area contributed by atoms with E-state index < -0.39 is 0 Å². The van der Waals surface area contributed by atoms with Crippen molar-refractivity contribution in [3.63, 3.8) is 0 Å². The highest BCUT2D eigenvalue weighted by molar-refractivity contribution is 5.15. The van der Waals surface area contributed by atoms with Gasteiger partial charge in [0.2, 0.25) is 0 Å². The number of aryl methyl sites for hydroxylation is 1. The Labute approximate surface area is 126 Å². The highest BCUT2D eigenvalue weighted by Gasteiger charge is 2.07. The van der Waals surface area contributed by atoms with Crippen LogP contribution in [0.3, 0.4) is 0 Å². The maximum absolute atomic E-state index is 5.32. The molecule has 0 aliphatic carbocycles. The first-order valence-electron chi connectivity index (χ1n) is 7.37. The molecule has 0 aliphatic heterocycles. The van der Waals surface area contributed by atoms with Gasteiger partial charge in [0.05, 0.1) is 17.9 Å². The summed E-state index contributed by atoms with van der Waals surface area (Å²) in [6.45, 7) is 12.3. The second kappa shape index (κ2) is 7.22. The summed E-state index contributed by atoms with van der Waals surface area (Å²) in [6.07, 6.45) is 4.83. The molecule has 2 aromatic rings. The average molecular weight is 288 g/mol. The number of nitrogens with zero attached hydrogens (tertiary/aromatic N) is 3. The highest BCUT2D eigenvalue weighted by atomic mass is 16.5. The lowest BCUT2D eigenvalue weighted by atomic mass is 10.1. The third kappa shape index (κ3) is 4.56. The standard InChI is InChI=1S/C16H24N4O/c1-5-6-20-11-14(13(4)18-20)9-17-10-15-8-16(21-19-15)7-12(2)3/h5,8,11-12,17H,1,6-7,9-10H2,2-4H3. The fourth-order valence-electron chi connectivity index (χ4n) is 2.22. The Balaban J connectivity index is 1.83. The molecule has 0 aliphatic rings. The molecule has 0 fully saturated rings. The lowest BCUT2D eigenvalue weighted by Gasteiger charge is -2.00. The Hall–Kier alpha value is -1.88. The minimum absolute atomic E-state index is 0.581. The average Bonchev–Trinajstić information content (AvgIpc) is 2.97. The molecule has 1 N–H and O–H groups in total. The van der Waals surface area contributed by atoms with E-state index in [-0.39, 0.29) is 0 Å². The van der Waals surface area contributed by atoms with Crippen LogP contribution in [-0.4, -0.2) is 14.9 Å². The van der Waals surface area contributed by atoms with Crippen molar-refractivity contribution in [3.05, 3.63) is 47.6 Å². The monoisotopic (exact) mass is 288 g/mol. The van der Waals surface area contributed by atoms with Gasteiger partial charge in [0, 0.05) is 37.3 Å². The molecule has 0 saturated heterocycles. The van der Waals surface area contributed by atoms with Gasteiger partial charge in [-0.05, 0) is 12.8 Å². The number of allylic oxidation sites excluding steroid dienone is 1.